The number of rotatable bonds is 3. The van der Waals surface area contributed by atoms with E-state index in [1.165, 1.54) is 6.20 Å². The molecule has 1 amide bonds. The van der Waals surface area contributed by atoms with Crippen molar-refractivity contribution in [2.75, 3.05) is 24.3 Å². The number of nitrogens with zero attached hydrogens (tertiary/aromatic N) is 5. The molecule has 0 bridgehead atoms. The Bertz CT molecular complexity index is 612. The molecule has 8 nitrogen and oxygen atoms in total. The maximum atomic E-state index is 12.1. The Balaban J connectivity index is 2.28. The Kier molecular flexibility index (Phi) is 3.74. The summed E-state index contributed by atoms with van der Waals surface area (Å²) in [6.45, 7) is 1.67. The van der Waals surface area contributed by atoms with Crippen LogP contribution in [0.25, 0.3) is 0 Å². The van der Waals surface area contributed by atoms with Gasteiger partial charge in [-0.05, 0) is 28.0 Å². The summed E-state index contributed by atoms with van der Waals surface area (Å²) < 4.78 is 5.00. The lowest BCUT2D eigenvalue weighted by atomic mass is 10.3. The first-order chi connectivity index (χ1) is 8.99. The van der Waals surface area contributed by atoms with Gasteiger partial charge in [-0.15, -0.1) is 0 Å². The van der Waals surface area contributed by atoms with Crippen molar-refractivity contribution in [3.8, 4) is 0 Å². The fraction of sp³-hybridized carbons (Fsp3) is 0.300. The van der Waals surface area contributed by atoms with Crippen LogP contribution >= 0.6 is 15.9 Å². The highest BCUT2D eigenvalue weighted by molar-refractivity contribution is 9.10. The van der Waals surface area contributed by atoms with Crippen molar-refractivity contribution in [3.63, 3.8) is 0 Å². The molecule has 19 heavy (non-hydrogen) atoms. The van der Waals surface area contributed by atoms with Crippen molar-refractivity contribution in [3.05, 3.63) is 22.1 Å². The molecule has 0 saturated heterocycles. The number of hydrogen-bond donors (Lipinski definition) is 1. The smallest absolute Gasteiger partial charge is 0.276 e. The van der Waals surface area contributed by atoms with Crippen LogP contribution in [0.2, 0.25) is 0 Å². The molecule has 0 aliphatic heterocycles. The Labute approximate surface area is 117 Å². The Hall–Kier alpha value is -2.03. The summed E-state index contributed by atoms with van der Waals surface area (Å²) in [6.07, 6.45) is 1.52. The Morgan fingerprint density at radius 3 is 2.74 bits per heavy atom. The minimum absolute atomic E-state index is 0.209. The van der Waals surface area contributed by atoms with Crippen LogP contribution < -0.4 is 10.2 Å². The van der Waals surface area contributed by atoms with E-state index >= 15 is 0 Å². The van der Waals surface area contributed by atoms with Crippen LogP contribution in [0.4, 0.5) is 11.8 Å². The van der Waals surface area contributed by atoms with E-state index in [9.17, 15) is 4.79 Å². The molecule has 0 fully saturated rings. The van der Waals surface area contributed by atoms with Crippen LogP contribution in [0.3, 0.4) is 0 Å². The maximum Gasteiger partial charge on any atom is 0.276 e. The summed E-state index contributed by atoms with van der Waals surface area (Å²) in [6, 6.07) is 0. The molecule has 100 valence electrons. The highest BCUT2D eigenvalue weighted by Gasteiger charge is 2.17. The van der Waals surface area contributed by atoms with Crippen molar-refractivity contribution in [2.24, 2.45) is 0 Å². The molecular weight excluding hydrogens is 316 g/mol. The first-order valence-electron chi connectivity index (χ1n) is 5.29. The fourth-order valence-corrected chi connectivity index (χ4v) is 1.62. The van der Waals surface area contributed by atoms with Gasteiger partial charge in [0.25, 0.3) is 5.91 Å². The van der Waals surface area contributed by atoms with Gasteiger partial charge in [-0.25, -0.2) is 14.6 Å². The first kappa shape index (κ1) is 13.4. The second kappa shape index (κ2) is 5.31. The number of amides is 1. The quantitative estimate of drug-likeness (QED) is 0.906. The van der Waals surface area contributed by atoms with Crippen LogP contribution in [-0.2, 0) is 0 Å². The van der Waals surface area contributed by atoms with Crippen molar-refractivity contribution in [1.82, 2.24) is 20.3 Å². The number of hydrogen-bond acceptors (Lipinski definition) is 7. The van der Waals surface area contributed by atoms with E-state index in [1.807, 2.05) is 0 Å². The third-order valence-corrected chi connectivity index (χ3v) is 2.81. The van der Waals surface area contributed by atoms with Gasteiger partial charge in [0.05, 0.1) is 4.47 Å². The zero-order chi connectivity index (χ0) is 14.0. The zero-order valence-electron chi connectivity index (χ0n) is 10.5. The second-order valence-electron chi connectivity index (χ2n) is 3.91. The monoisotopic (exact) mass is 326 g/mol. The molecular formula is C10H11BrN6O2. The van der Waals surface area contributed by atoms with Gasteiger partial charge in [0.15, 0.2) is 0 Å². The first-order valence-corrected chi connectivity index (χ1v) is 6.08. The van der Waals surface area contributed by atoms with E-state index in [1.54, 1.807) is 25.9 Å². The molecule has 2 heterocycles. The molecule has 0 atom stereocenters. The van der Waals surface area contributed by atoms with Gasteiger partial charge in [-0.3, -0.25) is 4.79 Å². The van der Waals surface area contributed by atoms with Crippen LogP contribution in [0.1, 0.15) is 16.2 Å². The summed E-state index contributed by atoms with van der Waals surface area (Å²) >= 11 is 3.24. The van der Waals surface area contributed by atoms with Crippen LogP contribution in [-0.4, -0.2) is 40.3 Å². The molecule has 9 heteroatoms. The lowest BCUT2D eigenvalue weighted by Gasteiger charge is -2.11. The molecule has 0 radical (unpaired) electrons. The molecule has 0 saturated carbocycles. The van der Waals surface area contributed by atoms with Gasteiger partial charge in [0.1, 0.15) is 11.4 Å². The SMILES string of the molecule is Cc1nonc1NC(=O)c1nc(N(C)C)ncc1Br. The average molecular weight is 327 g/mol. The number of anilines is 2. The molecule has 2 aromatic heterocycles. The number of halogens is 1. The largest absolute Gasteiger partial charge is 0.347 e. The molecule has 0 aromatic carbocycles. The predicted molar refractivity (Wildman–Crippen MR) is 71.0 cm³/mol. The van der Waals surface area contributed by atoms with Gasteiger partial charge < -0.3 is 10.2 Å². The van der Waals surface area contributed by atoms with Crippen molar-refractivity contribution < 1.29 is 9.42 Å². The summed E-state index contributed by atoms with van der Waals surface area (Å²) in [4.78, 5) is 22.0. The summed E-state index contributed by atoms with van der Waals surface area (Å²) in [5, 5.41) is 9.73. The van der Waals surface area contributed by atoms with Gasteiger partial charge in [-0.1, -0.05) is 5.16 Å². The molecule has 2 rings (SSSR count). The number of carbonyl (C=O) groups is 1. The molecule has 0 aliphatic carbocycles. The average Bonchev–Trinajstić information content (AvgIpc) is 2.75. The van der Waals surface area contributed by atoms with Crippen molar-refractivity contribution in [1.29, 1.82) is 0 Å². The van der Waals surface area contributed by atoms with E-state index < -0.39 is 5.91 Å². The van der Waals surface area contributed by atoms with Crippen molar-refractivity contribution >= 4 is 33.6 Å². The Morgan fingerprint density at radius 2 is 2.16 bits per heavy atom. The van der Waals surface area contributed by atoms with Gasteiger partial charge >= 0.3 is 0 Å². The number of carbonyl (C=O) groups excluding carboxylic acids is 1. The van der Waals surface area contributed by atoms with Crippen LogP contribution in [0.15, 0.2) is 15.3 Å². The topological polar surface area (TPSA) is 97.0 Å². The number of aromatic nitrogens is 4. The summed E-state index contributed by atoms with van der Waals surface area (Å²) in [7, 11) is 3.58. The van der Waals surface area contributed by atoms with E-state index in [0.29, 0.717) is 16.1 Å². The highest BCUT2D eigenvalue weighted by Crippen LogP contribution is 2.18. The van der Waals surface area contributed by atoms with Crippen LogP contribution in [0, 0.1) is 6.92 Å². The van der Waals surface area contributed by atoms with Crippen molar-refractivity contribution in [2.45, 2.75) is 6.92 Å². The van der Waals surface area contributed by atoms with Gasteiger partial charge in [0.2, 0.25) is 11.8 Å². The van der Waals surface area contributed by atoms with E-state index in [0.717, 1.165) is 0 Å². The highest BCUT2D eigenvalue weighted by atomic mass is 79.9. The van der Waals surface area contributed by atoms with Gasteiger partial charge in [-0.2, -0.15) is 0 Å². The molecule has 1 N–H and O–H groups in total. The fourth-order valence-electron chi connectivity index (χ4n) is 1.24. The summed E-state index contributed by atoms with van der Waals surface area (Å²) in [5.74, 6) is 0.279. The van der Waals surface area contributed by atoms with Gasteiger partial charge in [0, 0.05) is 20.3 Å². The van der Waals surface area contributed by atoms with E-state index in [4.69, 9.17) is 0 Å². The zero-order valence-corrected chi connectivity index (χ0v) is 12.1. The lowest BCUT2D eigenvalue weighted by molar-refractivity contribution is 0.102. The number of aryl methyl sites for hydroxylation is 1. The molecule has 0 spiro atoms. The molecule has 2 aromatic rings. The predicted octanol–water partition coefficient (Wildman–Crippen LogP) is 1.25. The van der Waals surface area contributed by atoms with Crippen LogP contribution in [0.5, 0.6) is 0 Å². The standard InChI is InChI=1S/C10H11BrN6O2/c1-5-8(16-19-15-5)14-9(18)7-6(11)4-12-10(13-7)17(2)3/h4H,1-3H3,(H,14,16,18). The second-order valence-corrected chi connectivity index (χ2v) is 4.77. The third kappa shape index (κ3) is 2.87. The Morgan fingerprint density at radius 1 is 1.42 bits per heavy atom. The lowest BCUT2D eigenvalue weighted by Crippen LogP contribution is -2.19. The molecule has 0 aliphatic rings. The normalized spacial score (nSPS) is 10.3. The minimum Gasteiger partial charge on any atom is -0.347 e. The summed E-state index contributed by atoms with van der Waals surface area (Å²) in [5.41, 5.74) is 0.701. The molecule has 0 unspecified atom stereocenters. The minimum atomic E-state index is -0.420. The van der Waals surface area contributed by atoms with E-state index in [-0.39, 0.29) is 11.5 Å². The van der Waals surface area contributed by atoms with E-state index in [2.05, 4.69) is 46.2 Å². The number of nitrogens with one attached hydrogen (secondary N) is 1. The third-order valence-electron chi connectivity index (χ3n) is 2.23. The maximum absolute atomic E-state index is 12.1.